The Balaban J connectivity index is 1.34. The van der Waals surface area contributed by atoms with E-state index in [9.17, 15) is 9.59 Å². The van der Waals surface area contributed by atoms with Crippen LogP contribution >= 0.6 is 11.3 Å². The summed E-state index contributed by atoms with van der Waals surface area (Å²) in [6, 6.07) is 19.4. The average molecular weight is 403 g/mol. The molecule has 29 heavy (non-hydrogen) atoms. The van der Waals surface area contributed by atoms with Gasteiger partial charge in [-0.05, 0) is 41.3 Å². The van der Waals surface area contributed by atoms with E-state index in [0.717, 1.165) is 21.5 Å². The first-order chi connectivity index (χ1) is 14.2. The lowest BCUT2D eigenvalue weighted by Crippen LogP contribution is -2.35. The van der Waals surface area contributed by atoms with E-state index in [1.807, 2.05) is 47.8 Å². The first-order valence-electron chi connectivity index (χ1n) is 8.92. The summed E-state index contributed by atoms with van der Waals surface area (Å²) < 4.78 is 6.91. The highest BCUT2D eigenvalue weighted by Gasteiger charge is 2.10. The van der Waals surface area contributed by atoms with Crippen LogP contribution in [0.25, 0.3) is 10.2 Å². The van der Waals surface area contributed by atoms with Gasteiger partial charge < -0.3 is 10.1 Å². The molecule has 2 N–H and O–H groups in total. The van der Waals surface area contributed by atoms with Crippen LogP contribution in [-0.2, 0) is 11.2 Å². The predicted molar refractivity (Wildman–Crippen MR) is 113 cm³/mol. The fourth-order valence-electron chi connectivity index (χ4n) is 2.78. The van der Waals surface area contributed by atoms with Crippen molar-refractivity contribution in [2.45, 2.75) is 6.42 Å². The van der Waals surface area contributed by atoms with Gasteiger partial charge in [-0.3, -0.25) is 15.1 Å². The number of pyridine rings is 1. The van der Waals surface area contributed by atoms with Crippen molar-refractivity contribution in [2.24, 2.45) is 0 Å². The van der Waals surface area contributed by atoms with Gasteiger partial charge in [0, 0.05) is 18.0 Å². The SMILES string of the molecule is O=C(Cc1ccccc1)NC(=O)Nc1ccc(Oc2ccnc3ccsc23)cc1. The first kappa shape index (κ1) is 18.6. The molecule has 0 aliphatic heterocycles. The molecule has 3 amide bonds. The second-order valence-electron chi connectivity index (χ2n) is 6.24. The molecule has 2 aromatic carbocycles. The fourth-order valence-corrected chi connectivity index (χ4v) is 3.58. The zero-order valence-corrected chi connectivity index (χ0v) is 16.1. The van der Waals surface area contributed by atoms with E-state index < -0.39 is 6.03 Å². The number of urea groups is 1. The number of aromatic nitrogens is 1. The number of carbonyl (C=O) groups is 2. The van der Waals surface area contributed by atoms with Gasteiger partial charge in [0.1, 0.15) is 11.5 Å². The van der Waals surface area contributed by atoms with Crippen molar-refractivity contribution in [3.63, 3.8) is 0 Å². The highest BCUT2D eigenvalue weighted by molar-refractivity contribution is 7.17. The zero-order chi connectivity index (χ0) is 20.1. The summed E-state index contributed by atoms with van der Waals surface area (Å²) in [5.41, 5.74) is 2.29. The van der Waals surface area contributed by atoms with Gasteiger partial charge in [0.15, 0.2) is 0 Å². The third kappa shape index (κ3) is 4.77. The number of anilines is 1. The molecule has 0 fully saturated rings. The third-order valence-corrected chi connectivity index (χ3v) is 5.03. The molecule has 0 radical (unpaired) electrons. The quantitative estimate of drug-likeness (QED) is 0.492. The van der Waals surface area contributed by atoms with E-state index in [-0.39, 0.29) is 12.3 Å². The number of rotatable bonds is 5. The van der Waals surface area contributed by atoms with Crippen LogP contribution in [0.1, 0.15) is 5.56 Å². The number of benzene rings is 2. The van der Waals surface area contributed by atoms with Gasteiger partial charge >= 0.3 is 6.03 Å². The minimum atomic E-state index is -0.575. The molecular formula is C22H17N3O3S. The normalized spacial score (nSPS) is 10.5. The molecule has 0 atom stereocenters. The Hall–Kier alpha value is -3.71. The zero-order valence-electron chi connectivity index (χ0n) is 15.3. The van der Waals surface area contributed by atoms with Crippen molar-refractivity contribution >= 4 is 39.2 Å². The topological polar surface area (TPSA) is 80.3 Å². The number of thiophene rings is 1. The third-order valence-electron chi connectivity index (χ3n) is 4.11. The molecule has 0 bridgehead atoms. The maximum absolute atomic E-state index is 12.0. The average Bonchev–Trinajstić information content (AvgIpc) is 3.20. The minimum Gasteiger partial charge on any atom is -0.456 e. The van der Waals surface area contributed by atoms with E-state index in [2.05, 4.69) is 15.6 Å². The summed E-state index contributed by atoms with van der Waals surface area (Å²) in [5.74, 6) is 0.998. The number of ether oxygens (including phenoxy) is 1. The van der Waals surface area contributed by atoms with Gasteiger partial charge in [-0.15, -0.1) is 11.3 Å². The molecule has 2 aromatic heterocycles. The van der Waals surface area contributed by atoms with Gasteiger partial charge in [0.25, 0.3) is 0 Å². The fraction of sp³-hybridized carbons (Fsp3) is 0.0455. The van der Waals surface area contributed by atoms with E-state index in [4.69, 9.17) is 4.74 Å². The lowest BCUT2D eigenvalue weighted by Gasteiger charge is -2.09. The Bertz CT molecular complexity index is 1140. The number of hydrogen-bond donors (Lipinski definition) is 2. The van der Waals surface area contributed by atoms with Crippen molar-refractivity contribution in [1.29, 1.82) is 0 Å². The van der Waals surface area contributed by atoms with Gasteiger partial charge in [-0.25, -0.2) is 4.79 Å². The summed E-state index contributed by atoms with van der Waals surface area (Å²) in [5, 5.41) is 6.93. The smallest absolute Gasteiger partial charge is 0.325 e. The van der Waals surface area contributed by atoms with Crippen molar-refractivity contribution < 1.29 is 14.3 Å². The molecule has 0 saturated carbocycles. The summed E-state index contributed by atoms with van der Waals surface area (Å²) >= 11 is 1.57. The van der Waals surface area contributed by atoms with Crippen molar-refractivity contribution in [3.05, 3.63) is 83.9 Å². The monoisotopic (exact) mass is 403 g/mol. The Morgan fingerprint density at radius 1 is 0.966 bits per heavy atom. The molecule has 0 aliphatic rings. The standard InChI is InChI=1S/C22H17N3O3S/c26-20(14-15-4-2-1-3-5-15)25-22(27)24-16-6-8-17(9-7-16)28-19-10-12-23-18-11-13-29-21(18)19/h1-13H,14H2,(H2,24,25,26,27). The molecule has 144 valence electrons. The summed E-state index contributed by atoms with van der Waals surface area (Å²) in [6.07, 6.45) is 1.85. The van der Waals surface area contributed by atoms with Crippen LogP contribution in [0.15, 0.2) is 78.3 Å². The summed E-state index contributed by atoms with van der Waals surface area (Å²) in [6.45, 7) is 0. The number of hydrogen-bond acceptors (Lipinski definition) is 5. The van der Waals surface area contributed by atoms with Crippen LogP contribution in [0.3, 0.4) is 0 Å². The molecule has 0 unspecified atom stereocenters. The van der Waals surface area contributed by atoms with E-state index >= 15 is 0 Å². The van der Waals surface area contributed by atoms with Gasteiger partial charge in [-0.2, -0.15) is 0 Å². The Kier molecular flexibility index (Phi) is 5.49. The van der Waals surface area contributed by atoms with Crippen molar-refractivity contribution in [2.75, 3.05) is 5.32 Å². The Morgan fingerprint density at radius 2 is 1.76 bits per heavy atom. The first-order valence-corrected chi connectivity index (χ1v) is 9.80. The number of nitrogens with zero attached hydrogens (tertiary/aromatic N) is 1. The molecule has 4 rings (SSSR count). The maximum Gasteiger partial charge on any atom is 0.325 e. The highest BCUT2D eigenvalue weighted by Crippen LogP contribution is 2.32. The minimum absolute atomic E-state index is 0.143. The van der Waals surface area contributed by atoms with Crippen LogP contribution < -0.4 is 15.4 Å². The number of carbonyl (C=O) groups excluding carboxylic acids is 2. The maximum atomic E-state index is 12.0. The second kappa shape index (κ2) is 8.53. The van der Waals surface area contributed by atoms with Crippen LogP contribution in [0.5, 0.6) is 11.5 Å². The molecule has 7 heteroatoms. The van der Waals surface area contributed by atoms with Gasteiger partial charge in [0.2, 0.25) is 5.91 Å². The molecule has 6 nitrogen and oxygen atoms in total. The summed E-state index contributed by atoms with van der Waals surface area (Å²) in [7, 11) is 0. The molecule has 2 heterocycles. The number of nitrogens with one attached hydrogen (secondary N) is 2. The highest BCUT2D eigenvalue weighted by atomic mass is 32.1. The van der Waals surface area contributed by atoms with Crippen LogP contribution in [0.4, 0.5) is 10.5 Å². The Labute approximate surface area is 171 Å². The van der Waals surface area contributed by atoms with Crippen LogP contribution in [0, 0.1) is 0 Å². The largest absolute Gasteiger partial charge is 0.456 e. The number of amides is 3. The molecule has 0 spiro atoms. The van der Waals surface area contributed by atoms with E-state index in [1.165, 1.54) is 0 Å². The van der Waals surface area contributed by atoms with E-state index in [1.54, 1.807) is 41.8 Å². The molecular weight excluding hydrogens is 386 g/mol. The van der Waals surface area contributed by atoms with E-state index in [0.29, 0.717) is 11.4 Å². The summed E-state index contributed by atoms with van der Waals surface area (Å²) in [4.78, 5) is 28.3. The van der Waals surface area contributed by atoms with Gasteiger partial charge in [0.05, 0.1) is 16.6 Å². The molecule has 4 aromatic rings. The lowest BCUT2D eigenvalue weighted by atomic mass is 10.1. The van der Waals surface area contributed by atoms with Crippen LogP contribution in [0.2, 0.25) is 0 Å². The van der Waals surface area contributed by atoms with Crippen LogP contribution in [-0.4, -0.2) is 16.9 Å². The van der Waals surface area contributed by atoms with Gasteiger partial charge in [-0.1, -0.05) is 30.3 Å². The molecule has 0 aliphatic carbocycles. The number of fused-ring (bicyclic) bond motifs is 1. The number of imide groups is 1. The van der Waals surface area contributed by atoms with Crippen molar-refractivity contribution in [3.8, 4) is 11.5 Å². The lowest BCUT2D eigenvalue weighted by molar-refractivity contribution is -0.119. The van der Waals surface area contributed by atoms with Crippen molar-refractivity contribution in [1.82, 2.24) is 10.3 Å². The predicted octanol–water partition coefficient (Wildman–Crippen LogP) is 4.98. The Morgan fingerprint density at radius 3 is 2.55 bits per heavy atom. The second-order valence-corrected chi connectivity index (χ2v) is 7.15. The molecule has 0 saturated heterocycles.